The lowest BCUT2D eigenvalue weighted by Crippen LogP contribution is -2.24. The Bertz CT molecular complexity index is 1540. The van der Waals surface area contributed by atoms with Gasteiger partial charge in [-0.05, 0) is 57.3 Å². The van der Waals surface area contributed by atoms with Gasteiger partial charge in [-0.2, -0.15) is 0 Å². The Kier molecular flexibility index (Phi) is 3.06. The van der Waals surface area contributed by atoms with Crippen LogP contribution >= 0.6 is 0 Å². The molecule has 0 radical (unpaired) electrons. The maximum atomic E-state index is 12.5. The molecule has 2 heterocycles. The number of carbonyl (C=O) groups excluding carboxylic acids is 4. The van der Waals surface area contributed by atoms with Gasteiger partial charge < -0.3 is 9.47 Å². The smallest absolute Gasteiger partial charge is 0.346 e. The number of hydrogen-bond acceptors (Lipinski definition) is 6. The Labute approximate surface area is 186 Å². The molecule has 4 aromatic carbocycles. The molecule has 6 nitrogen and oxygen atoms in total. The van der Waals surface area contributed by atoms with E-state index in [0.29, 0.717) is 33.0 Å². The molecule has 0 saturated heterocycles. The molecule has 0 amide bonds. The zero-order chi connectivity index (χ0) is 22.8. The number of fused-ring (bicyclic) bond motifs is 1. The van der Waals surface area contributed by atoms with Crippen LogP contribution in [0.15, 0.2) is 48.5 Å². The van der Waals surface area contributed by atoms with Crippen molar-refractivity contribution in [3.8, 4) is 11.1 Å². The zero-order valence-electron chi connectivity index (χ0n) is 17.6. The van der Waals surface area contributed by atoms with Crippen LogP contribution in [-0.2, 0) is 14.9 Å². The topological polar surface area (TPSA) is 86.7 Å². The van der Waals surface area contributed by atoms with E-state index in [1.54, 1.807) is 24.3 Å². The monoisotopic (exact) mass is 434 g/mol. The first-order valence-corrected chi connectivity index (χ1v) is 10.5. The van der Waals surface area contributed by atoms with Crippen LogP contribution < -0.4 is 0 Å². The molecule has 4 aromatic rings. The van der Waals surface area contributed by atoms with Crippen LogP contribution in [0.4, 0.5) is 0 Å². The van der Waals surface area contributed by atoms with E-state index in [1.807, 2.05) is 24.3 Å². The Balaban J connectivity index is 1.76. The average Bonchev–Trinajstić information content (AvgIpc) is 2.87. The minimum Gasteiger partial charge on any atom is -0.386 e. The molecule has 0 atom stereocenters. The summed E-state index contributed by atoms with van der Waals surface area (Å²) in [7, 11) is 0. The Morgan fingerprint density at radius 2 is 0.758 bits per heavy atom. The number of rotatable bonds is 0. The predicted octanol–water partition coefficient (Wildman–Crippen LogP) is 4.92. The minimum atomic E-state index is -0.665. The van der Waals surface area contributed by atoms with Crippen molar-refractivity contribution in [2.45, 2.75) is 19.3 Å². The number of hydrogen-bond donors (Lipinski definition) is 0. The number of cyclic esters (lactones) is 4. The van der Waals surface area contributed by atoms with Gasteiger partial charge in [0.1, 0.15) is 0 Å². The van der Waals surface area contributed by atoms with Crippen LogP contribution in [0.25, 0.3) is 32.7 Å². The van der Waals surface area contributed by atoms with Gasteiger partial charge >= 0.3 is 23.9 Å². The van der Waals surface area contributed by atoms with Gasteiger partial charge in [0.2, 0.25) is 0 Å². The fraction of sp³-hybridized carbons (Fsp3) is 0.111. The first-order chi connectivity index (χ1) is 15.8. The van der Waals surface area contributed by atoms with Crippen molar-refractivity contribution >= 4 is 45.4 Å². The van der Waals surface area contributed by atoms with Gasteiger partial charge in [0.25, 0.3) is 0 Å². The molecule has 0 fully saturated rings. The molecule has 6 heteroatoms. The number of benzene rings is 4. The maximum Gasteiger partial charge on any atom is 0.346 e. The minimum absolute atomic E-state index is 0.348. The Morgan fingerprint density at radius 1 is 0.455 bits per heavy atom. The molecule has 3 aliphatic rings. The summed E-state index contributed by atoms with van der Waals surface area (Å²) in [6.07, 6.45) is 0. The maximum absolute atomic E-state index is 12.5. The predicted molar refractivity (Wildman–Crippen MR) is 119 cm³/mol. The fourth-order valence-electron chi connectivity index (χ4n) is 5.70. The molecule has 2 aliphatic heterocycles. The second-order valence-corrected chi connectivity index (χ2v) is 9.12. The van der Waals surface area contributed by atoms with E-state index < -0.39 is 29.3 Å². The van der Waals surface area contributed by atoms with Crippen molar-refractivity contribution in [1.29, 1.82) is 0 Å². The highest BCUT2D eigenvalue weighted by molar-refractivity contribution is 6.28. The quantitative estimate of drug-likeness (QED) is 0.288. The van der Waals surface area contributed by atoms with Gasteiger partial charge in [-0.15, -0.1) is 0 Å². The van der Waals surface area contributed by atoms with E-state index in [4.69, 9.17) is 9.47 Å². The van der Waals surface area contributed by atoms with E-state index in [0.717, 1.165) is 33.0 Å². The molecular weight excluding hydrogens is 420 g/mol. The highest BCUT2D eigenvalue weighted by Gasteiger charge is 2.39. The van der Waals surface area contributed by atoms with Crippen molar-refractivity contribution in [1.82, 2.24) is 0 Å². The van der Waals surface area contributed by atoms with Crippen molar-refractivity contribution < 1.29 is 28.7 Å². The summed E-state index contributed by atoms with van der Waals surface area (Å²) in [5.41, 5.74) is 4.37. The van der Waals surface area contributed by atoms with Gasteiger partial charge in [0, 0.05) is 16.2 Å². The molecular formula is C27H14O6. The third kappa shape index (κ3) is 1.99. The highest BCUT2D eigenvalue weighted by Crippen LogP contribution is 2.51. The summed E-state index contributed by atoms with van der Waals surface area (Å²) in [5.74, 6) is -2.66. The summed E-state index contributed by atoms with van der Waals surface area (Å²) in [6, 6.07) is 14.3. The van der Waals surface area contributed by atoms with E-state index in [-0.39, 0.29) is 0 Å². The van der Waals surface area contributed by atoms with Crippen LogP contribution in [0.2, 0.25) is 0 Å². The van der Waals surface area contributed by atoms with Gasteiger partial charge in [-0.25, -0.2) is 19.2 Å². The number of ether oxygens (including phenoxy) is 2. The van der Waals surface area contributed by atoms with Crippen LogP contribution in [0, 0.1) is 0 Å². The first-order valence-electron chi connectivity index (χ1n) is 10.5. The molecule has 0 saturated carbocycles. The SMILES string of the molecule is CC1(C)c2ccc3c4c(ccc(c24)-c2ccc4c5c(ccc1c25)C(=O)OC4=O)C(=O)OC3=O. The summed E-state index contributed by atoms with van der Waals surface area (Å²) in [4.78, 5) is 50.2. The Morgan fingerprint density at radius 3 is 1.12 bits per heavy atom. The van der Waals surface area contributed by atoms with E-state index in [2.05, 4.69) is 13.8 Å². The van der Waals surface area contributed by atoms with E-state index >= 15 is 0 Å². The molecule has 7 rings (SSSR count). The van der Waals surface area contributed by atoms with E-state index in [1.165, 1.54) is 0 Å². The molecule has 33 heavy (non-hydrogen) atoms. The van der Waals surface area contributed by atoms with Crippen molar-refractivity contribution in [2.75, 3.05) is 0 Å². The van der Waals surface area contributed by atoms with E-state index in [9.17, 15) is 19.2 Å². The third-order valence-corrected chi connectivity index (χ3v) is 7.21. The van der Waals surface area contributed by atoms with Gasteiger partial charge in [0.05, 0.1) is 22.3 Å². The first kappa shape index (κ1) is 18.3. The molecule has 0 aromatic heterocycles. The van der Waals surface area contributed by atoms with Crippen LogP contribution in [0.3, 0.4) is 0 Å². The normalized spacial score (nSPS) is 17.2. The lowest BCUT2D eigenvalue weighted by molar-refractivity contribution is 0.0373. The molecule has 0 bridgehead atoms. The molecule has 0 spiro atoms. The average molecular weight is 434 g/mol. The molecule has 0 N–H and O–H groups in total. The zero-order valence-corrected chi connectivity index (χ0v) is 17.6. The second-order valence-electron chi connectivity index (χ2n) is 9.12. The van der Waals surface area contributed by atoms with Gasteiger partial charge in [-0.1, -0.05) is 38.1 Å². The van der Waals surface area contributed by atoms with Crippen molar-refractivity contribution in [2.24, 2.45) is 0 Å². The summed E-state index contributed by atoms with van der Waals surface area (Å²) in [5, 5.41) is 2.76. The van der Waals surface area contributed by atoms with Crippen molar-refractivity contribution in [3.05, 3.63) is 81.9 Å². The lowest BCUT2D eigenvalue weighted by atomic mass is 9.74. The summed E-state index contributed by atoms with van der Waals surface area (Å²) in [6.45, 7) is 4.12. The van der Waals surface area contributed by atoms with Crippen LogP contribution in [0.1, 0.15) is 66.4 Å². The number of esters is 4. The van der Waals surface area contributed by atoms with Crippen molar-refractivity contribution in [3.63, 3.8) is 0 Å². The summed E-state index contributed by atoms with van der Waals surface area (Å²) < 4.78 is 9.90. The van der Waals surface area contributed by atoms with Gasteiger partial charge in [0.15, 0.2) is 0 Å². The van der Waals surface area contributed by atoms with Crippen LogP contribution in [0.5, 0.6) is 0 Å². The Hall–Kier alpha value is -4.32. The standard InChI is InChI=1S/C27H14O6/c1-27(2)17-9-7-15-19-13(23(28)32-25(15)30)5-3-11(21(17)19)12-4-6-14-20-16(26(31)33-24(14)29)8-10-18(27)22(12)20/h3-10H,1-2H3. The number of carbonyl (C=O) groups is 4. The lowest BCUT2D eigenvalue weighted by Gasteiger charge is -2.29. The second kappa shape index (κ2) is 5.53. The largest absolute Gasteiger partial charge is 0.386 e. The fourth-order valence-corrected chi connectivity index (χ4v) is 5.70. The molecule has 158 valence electrons. The third-order valence-electron chi connectivity index (χ3n) is 7.21. The highest BCUT2D eigenvalue weighted by atomic mass is 16.6. The van der Waals surface area contributed by atoms with Crippen LogP contribution in [-0.4, -0.2) is 23.9 Å². The van der Waals surface area contributed by atoms with Gasteiger partial charge in [-0.3, -0.25) is 0 Å². The molecule has 1 aliphatic carbocycles. The molecule has 0 unspecified atom stereocenters. The summed E-state index contributed by atoms with van der Waals surface area (Å²) >= 11 is 0.